The van der Waals surface area contributed by atoms with Gasteiger partial charge in [0.15, 0.2) is 0 Å². The number of nitrogens with one attached hydrogen (secondary N) is 1. The average Bonchev–Trinajstić information content (AvgIpc) is 3.04. The molecule has 0 fully saturated rings. The van der Waals surface area contributed by atoms with Gasteiger partial charge in [-0.25, -0.2) is 9.69 Å². The second kappa shape index (κ2) is 9.40. The topological polar surface area (TPSA) is 119 Å². The minimum atomic E-state index is -0.795. The van der Waals surface area contributed by atoms with Gasteiger partial charge in [-0.05, 0) is 61.4 Å². The number of benzene rings is 3. The summed E-state index contributed by atoms with van der Waals surface area (Å²) in [6.45, 7) is 3.69. The Morgan fingerprint density at radius 3 is 2.34 bits per heavy atom. The lowest BCUT2D eigenvalue weighted by Gasteiger charge is -2.18. The highest BCUT2D eigenvalue weighted by atomic mass is 35.5. The highest BCUT2D eigenvalue weighted by Crippen LogP contribution is 2.33. The molecule has 3 aromatic rings. The highest BCUT2D eigenvalue weighted by Gasteiger charge is 2.39. The molecule has 0 bridgehead atoms. The lowest BCUT2D eigenvalue weighted by molar-refractivity contribution is -0.385. The first-order valence-electron chi connectivity index (χ1n) is 10.4. The van der Waals surface area contributed by atoms with Crippen LogP contribution in [-0.4, -0.2) is 22.7 Å². The number of amides is 2. The second-order valence-electron chi connectivity index (χ2n) is 7.67. The molecule has 0 aromatic heterocycles. The van der Waals surface area contributed by atoms with E-state index in [1.54, 1.807) is 12.1 Å². The fraction of sp³-hybridized carbons (Fsp3) is 0.0800. The molecule has 1 heterocycles. The number of halogens is 1. The largest absolute Gasteiger partial charge is 0.416 e. The number of nitrogens with zero attached hydrogens (tertiary/aromatic N) is 2. The Kier molecular flexibility index (Phi) is 6.35. The van der Waals surface area contributed by atoms with Gasteiger partial charge in [0.2, 0.25) is 5.75 Å². The monoisotopic (exact) mass is 491 g/mol. The van der Waals surface area contributed by atoms with Crippen LogP contribution in [0.3, 0.4) is 0 Å². The van der Waals surface area contributed by atoms with Crippen LogP contribution in [0.4, 0.5) is 17.1 Å². The Hall–Kier alpha value is -4.50. The summed E-state index contributed by atoms with van der Waals surface area (Å²) >= 11 is 6.20. The van der Waals surface area contributed by atoms with Crippen molar-refractivity contribution in [3.63, 3.8) is 0 Å². The third-order valence-corrected chi connectivity index (χ3v) is 5.85. The van der Waals surface area contributed by atoms with E-state index in [2.05, 4.69) is 5.32 Å². The quantitative estimate of drug-likeness (QED) is 0.172. The molecule has 0 saturated carbocycles. The zero-order valence-corrected chi connectivity index (χ0v) is 19.3. The molecule has 176 valence electrons. The number of hydrogen-bond donors (Lipinski definition) is 1. The van der Waals surface area contributed by atoms with Crippen molar-refractivity contribution < 1.29 is 24.0 Å². The van der Waals surface area contributed by atoms with Crippen LogP contribution in [0.5, 0.6) is 5.75 Å². The number of carbonyl (C=O) groups is 3. The minimum absolute atomic E-state index is 0.0900. The lowest BCUT2D eigenvalue weighted by Crippen LogP contribution is -2.33. The number of ether oxygens (including phenoxy) is 1. The van der Waals surface area contributed by atoms with Gasteiger partial charge in [0.1, 0.15) is 10.7 Å². The van der Waals surface area contributed by atoms with Crippen LogP contribution >= 0.6 is 11.6 Å². The Morgan fingerprint density at radius 1 is 0.971 bits per heavy atom. The van der Waals surface area contributed by atoms with Gasteiger partial charge in [0, 0.05) is 11.8 Å². The zero-order chi connectivity index (χ0) is 25.3. The summed E-state index contributed by atoms with van der Waals surface area (Å²) in [5.41, 5.74) is 2.24. The molecule has 1 aliphatic heterocycles. The van der Waals surface area contributed by atoms with E-state index in [4.69, 9.17) is 16.3 Å². The number of rotatable bonds is 6. The van der Waals surface area contributed by atoms with Crippen LogP contribution in [0.25, 0.3) is 0 Å². The predicted octanol–water partition coefficient (Wildman–Crippen LogP) is 4.87. The van der Waals surface area contributed by atoms with E-state index in [9.17, 15) is 24.5 Å². The minimum Gasteiger partial charge on any atom is -0.416 e. The predicted molar refractivity (Wildman–Crippen MR) is 129 cm³/mol. The first-order chi connectivity index (χ1) is 16.7. The van der Waals surface area contributed by atoms with E-state index >= 15 is 0 Å². The molecule has 0 unspecified atom stereocenters. The molecule has 0 saturated heterocycles. The first kappa shape index (κ1) is 23.7. The number of aryl methyl sites for hydroxylation is 1. The Morgan fingerprint density at radius 2 is 1.66 bits per heavy atom. The van der Waals surface area contributed by atoms with Gasteiger partial charge in [-0.3, -0.25) is 19.7 Å². The molecular formula is C25H18ClN3O6. The Balaban J connectivity index is 1.51. The second-order valence-corrected chi connectivity index (χ2v) is 8.05. The summed E-state index contributed by atoms with van der Waals surface area (Å²) in [7, 11) is 0. The first-order valence-corrected chi connectivity index (χ1v) is 10.7. The van der Waals surface area contributed by atoms with Crippen molar-refractivity contribution >= 4 is 46.4 Å². The maximum atomic E-state index is 13.0. The van der Waals surface area contributed by atoms with Crippen LogP contribution in [0.1, 0.15) is 21.5 Å². The Bertz CT molecular complexity index is 1410. The van der Waals surface area contributed by atoms with Crippen molar-refractivity contribution in [1.29, 1.82) is 0 Å². The van der Waals surface area contributed by atoms with Gasteiger partial charge < -0.3 is 10.1 Å². The summed E-state index contributed by atoms with van der Waals surface area (Å²) in [6.07, 6.45) is 0. The fourth-order valence-electron chi connectivity index (χ4n) is 3.50. The van der Waals surface area contributed by atoms with Crippen molar-refractivity contribution in [3.05, 3.63) is 104 Å². The molecule has 9 nitrogen and oxygen atoms in total. The van der Waals surface area contributed by atoms with Crippen LogP contribution < -0.4 is 15.0 Å². The molecule has 0 spiro atoms. The van der Waals surface area contributed by atoms with Crippen LogP contribution in [0, 0.1) is 24.0 Å². The summed E-state index contributed by atoms with van der Waals surface area (Å²) < 4.78 is 5.16. The van der Waals surface area contributed by atoms with Crippen molar-refractivity contribution in [2.45, 2.75) is 13.8 Å². The molecule has 3 aromatic carbocycles. The Labute approximate surface area is 204 Å². The van der Waals surface area contributed by atoms with E-state index < -0.39 is 22.7 Å². The van der Waals surface area contributed by atoms with E-state index in [-0.39, 0.29) is 27.7 Å². The number of nitro groups is 1. The van der Waals surface area contributed by atoms with Gasteiger partial charge in [-0.15, -0.1) is 0 Å². The van der Waals surface area contributed by atoms with Gasteiger partial charge in [0.25, 0.3) is 11.8 Å². The van der Waals surface area contributed by atoms with E-state index in [0.29, 0.717) is 11.4 Å². The van der Waals surface area contributed by atoms with Crippen LogP contribution in [-0.2, 0) is 9.59 Å². The summed E-state index contributed by atoms with van der Waals surface area (Å²) in [4.78, 5) is 49.7. The van der Waals surface area contributed by atoms with Gasteiger partial charge in [0.05, 0.1) is 16.2 Å². The molecule has 0 atom stereocenters. The van der Waals surface area contributed by atoms with Crippen molar-refractivity contribution in [2.24, 2.45) is 0 Å². The maximum absolute atomic E-state index is 13.0. The number of hydrogen-bond acceptors (Lipinski definition) is 7. The van der Waals surface area contributed by atoms with Crippen molar-refractivity contribution in [2.75, 3.05) is 10.2 Å². The van der Waals surface area contributed by atoms with Gasteiger partial charge in [-0.1, -0.05) is 35.9 Å². The number of para-hydroxylation sites is 2. The van der Waals surface area contributed by atoms with Crippen molar-refractivity contribution in [1.82, 2.24) is 0 Å². The third-order valence-electron chi connectivity index (χ3n) is 5.50. The van der Waals surface area contributed by atoms with Crippen LogP contribution in [0.15, 0.2) is 77.5 Å². The van der Waals surface area contributed by atoms with Crippen molar-refractivity contribution in [3.8, 4) is 5.75 Å². The van der Waals surface area contributed by atoms with Gasteiger partial charge >= 0.3 is 11.7 Å². The molecule has 1 aliphatic rings. The number of nitro benzene ring substituents is 1. The van der Waals surface area contributed by atoms with Crippen LogP contribution in [0.2, 0.25) is 0 Å². The van der Waals surface area contributed by atoms with E-state index in [1.807, 2.05) is 19.9 Å². The van der Waals surface area contributed by atoms with E-state index in [0.717, 1.165) is 16.0 Å². The molecule has 1 N–H and O–H groups in total. The number of esters is 1. The standard InChI is InChI=1S/C25H18ClN3O6/c1-14-6-5-8-18(15(14)2)28-23(30)21(26)22(24(28)31)27-17-12-10-16(11-13-17)25(32)35-20-9-4-3-7-19(20)29(33)34/h3-13,27H,1-2H3. The number of carbonyl (C=O) groups excluding carboxylic acids is 3. The highest BCUT2D eigenvalue weighted by molar-refractivity contribution is 6.53. The summed E-state index contributed by atoms with van der Waals surface area (Å²) in [6, 6.07) is 16.6. The molecule has 10 heteroatoms. The summed E-state index contributed by atoms with van der Waals surface area (Å²) in [5.74, 6) is -2.22. The lowest BCUT2D eigenvalue weighted by atomic mass is 10.1. The zero-order valence-electron chi connectivity index (χ0n) is 18.6. The molecule has 2 amide bonds. The molecular weight excluding hydrogens is 474 g/mol. The SMILES string of the molecule is Cc1cccc(N2C(=O)C(Cl)=C(Nc3ccc(C(=O)Oc4ccccc4[N+](=O)[O-])cc3)C2=O)c1C. The smallest absolute Gasteiger partial charge is 0.343 e. The fourth-order valence-corrected chi connectivity index (χ4v) is 3.71. The maximum Gasteiger partial charge on any atom is 0.343 e. The molecule has 4 rings (SSSR count). The third kappa shape index (κ3) is 4.49. The normalized spacial score (nSPS) is 13.3. The number of imide groups is 1. The van der Waals surface area contributed by atoms with E-state index in [1.165, 1.54) is 48.5 Å². The number of anilines is 2. The summed E-state index contributed by atoms with van der Waals surface area (Å²) in [5, 5.41) is 13.7. The molecule has 0 radical (unpaired) electrons. The average molecular weight is 492 g/mol. The van der Waals surface area contributed by atoms with Gasteiger partial charge in [-0.2, -0.15) is 0 Å². The molecule has 35 heavy (non-hydrogen) atoms. The molecule has 0 aliphatic carbocycles.